The molecule has 1 atom stereocenters. The third kappa shape index (κ3) is 4.04. The summed E-state index contributed by atoms with van der Waals surface area (Å²) in [5, 5.41) is 0. The van der Waals surface area contributed by atoms with E-state index in [1.165, 1.54) is 25.7 Å². The number of fused-ring (bicyclic) bond motifs is 1. The fourth-order valence-corrected chi connectivity index (χ4v) is 3.90. The molecule has 0 aromatic heterocycles. The second-order valence-electron chi connectivity index (χ2n) is 5.48. The third-order valence-corrected chi connectivity index (χ3v) is 5.48. The lowest BCUT2D eigenvalue weighted by Gasteiger charge is -2.28. The first-order valence-electron chi connectivity index (χ1n) is 7.63. The molecule has 0 bridgehead atoms. The highest BCUT2D eigenvalue weighted by Gasteiger charge is 2.22. The van der Waals surface area contributed by atoms with Gasteiger partial charge >= 0.3 is 0 Å². The van der Waals surface area contributed by atoms with Gasteiger partial charge in [-0.05, 0) is 25.0 Å². The summed E-state index contributed by atoms with van der Waals surface area (Å²) >= 11 is 7.30. The number of thiocarbonyl (C=S) groups is 1. The number of rotatable bonds is 2. The van der Waals surface area contributed by atoms with Crippen LogP contribution in [-0.2, 0) is 0 Å². The van der Waals surface area contributed by atoms with Crippen molar-refractivity contribution >= 4 is 28.3 Å². The number of hydrogen-bond donors (Lipinski definition) is 0. The summed E-state index contributed by atoms with van der Waals surface area (Å²) in [6, 6.07) is 7.84. The lowest BCUT2D eigenvalue weighted by molar-refractivity contribution is 0.107. The van der Waals surface area contributed by atoms with Crippen LogP contribution in [0.15, 0.2) is 24.3 Å². The van der Waals surface area contributed by atoms with E-state index in [9.17, 15) is 0 Å². The molecule has 1 aromatic rings. The lowest BCUT2D eigenvalue weighted by Crippen LogP contribution is -2.34. The molecule has 0 spiro atoms. The maximum Gasteiger partial charge on any atom is 0.161 e. The van der Waals surface area contributed by atoms with Crippen LogP contribution in [-0.4, -0.2) is 40.8 Å². The Labute approximate surface area is 136 Å². The SMILES string of the molecule is S=C(SCC1COc2ccccc2O1)N1CCCCCC1. The third-order valence-electron chi connectivity index (χ3n) is 3.82. The topological polar surface area (TPSA) is 21.7 Å². The van der Waals surface area contributed by atoms with Crippen LogP contribution in [0.5, 0.6) is 11.5 Å². The van der Waals surface area contributed by atoms with Gasteiger partial charge in [0.05, 0.1) is 0 Å². The average molecular weight is 323 g/mol. The van der Waals surface area contributed by atoms with Crippen molar-refractivity contribution in [3.63, 3.8) is 0 Å². The van der Waals surface area contributed by atoms with Crippen LogP contribution in [0.4, 0.5) is 0 Å². The summed E-state index contributed by atoms with van der Waals surface area (Å²) < 4.78 is 12.7. The van der Waals surface area contributed by atoms with E-state index >= 15 is 0 Å². The summed E-state index contributed by atoms with van der Waals surface area (Å²) in [5.74, 6) is 2.54. The van der Waals surface area contributed by atoms with E-state index in [2.05, 4.69) is 4.90 Å². The van der Waals surface area contributed by atoms with Crippen molar-refractivity contribution in [3.8, 4) is 11.5 Å². The largest absolute Gasteiger partial charge is 0.486 e. The Hall–Kier alpha value is -0.940. The number of thioether (sulfide) groups is 1. The number of hydrogen-bond acceptors (Lipinski definition) is 4. The fourth-order valence-electron chi connectivity index (χ4n) is 2.65. The molecular weight excluding hydrogens is 302 g/mol. The molecule has 0 radical (unpaired) electrons. The molecule has 0 amide bonds. The molecule has 0 aliphatic carbocycles. The quantitative estimate of drug-likeness (QED) is 0.771. The lowest BCUT2D eigenvalue weighted by atomic mass is 10.2. The predicted octanol–water partition coefficient (Wildman–Crippen LogP) is 3.72. The van der Waals surface area contributed by atoms with Crippen LogP contribution in [0.2, 0.25) is 0 Å². The number of para-hydroxylation sites is 2. The Morgan fingerprint density at radius 1 is 1.14 bits per heavy atom. The molecule has 0 N–H and O–H groups in total. The van der Waals surface area contributed by atoms with Gasteiger partial charge in [0, 0.05) is 18.8 Å². The van der Waals surface area contributed by atoms with Crippen molar-refractivity contribution in [2.45, 2.75) is 31.8 Å². The van der Waals surface area contributed by atoms with Gasteiger partial charge in [-0.15, -0.1) is 0 Å². The molecule has 3 nitrogen and oxygen atoms in total. The van der Waals surface area contributed by atoms with Crippen LogP contribution in [0.25, 0.3) is 0 Å². The van der Waals surface area contributed by atoms with Gasteiger partial charge in [-0.2, -0.15) is 0 Å². The molecule has 3 rings (SSSR count). The molecule has 5 heteroatoms. The Balaban J connectivity index is 1.48. The second kappa shape index (κ2) is 7.36. The first-order valence-corrected chi connectivity index (χ1v) is 9.02. The van der Waals surface area contributed by atoms with Gasteiger partial charge in [0.2, 0.25) is 0 Å². The van der Waals surface area contributed by atoms with Crippen molar-refractivity contribution < 1.29 is 9.47 Å². The van der Waals surface area contributed by atoms with E-state index in [4.69, 9.17) is 21.7 Å². The summed E-state index contributed by atoms with van der Waals surface area (Å²) in [7, 11) is 0. The van der Waals surface area contributed by atoms with Crippen LogP contribution in [0.1, 0.15) is 25.7 Å². The van der Waals surface area contributed by atoms with Crippen LogP contribution >= 0.6 is 24.0 Å². The normalized spacial score (nSPS) is 21.7. The molecule has 1 saturated heterocycles. The average Bonchev–Trinajstić information content (AvgIpc) is 2.81. The van der Waals surface area contributed by atoms with E-state index in [-0.39, 0.29) is 6.10 Å². The molecule has 2 aliphatic heterocycles. The maximum absolute atomic E-state index is 5.97. The van der Waals surface area contributed by atoms with Gasteiger partial charge in [-0.25, -0.2) is 0 Å². The predicted molar refractivity (Wildman–Crippen MR) is 91.5 cm³/mol. The zero-order valence-electron chi connectivity index (χ0n) is 12.1. The van der Waals surface area contributed by atoms with E-state index in [1.807, 2.05) is 24.3 Å². The van der Waals surface area contributed by atoms with Gasteiger partial charge in [0.1, 0.15) is 17.0 Å². The Morgan fingerprint density at radius 2 is 1.86 bits per heavy atom. The van der Waals surface area contributed by atoms with Crippen molar-refractivity contribution in [1.82, 2.24) is 4.90 Å². The highest BCUT2D eigenvalue weighted by atomic mass is 32.2. The molecule has 1 fully saturated rings. The minimum atomic E-state index is 0.0785. The van der Waals surface area contributed by atoms with Crippen molar-refractivity contribution in [1.29, 1.82) is 0 Å². The number of likely N-dealkylation sites (tertiary alicyclic amines) is 1. The van der Waals surface area contributed by atoms with Crippen molar-refractivity contribution in [3.05, 3.63) is 24.3 Å². The zero-order valence-corrected chi connectivity index (χ0v) is 13.8. The summed E-state index contributed by atoms with van der Waals surface area (Å²) in [6.07, 6.45) is 5.27. The fraction of sp³-hybridized carbons (Fsp3) is 0.562. The maximum atomic E-state index is 5.97. The monoisotopic (exact) mass is 323 g/mol. The molecule has 114 valence electrons. The first kappa shape index (κ1) is 15.0. The molecule has 21 heavy (non-hydrogen) atoms. The Morgan fingerprint density at radius 3 is 2.62 bits per heavy atom. The number of nitrogens with zero attached hydrogens (tertiary/aromatic N) is 1. The number of ether oxygens (including phenoxy) is 2. The van der Waals surface area contributed by atoms with Crippen LogP contribution in [0, 0.1) is 0 Å². The highest BCUT2D eigenvalue weighted by molar-refractivity contribution is 8.22. The van der Waals surface area contributed by atoms with Gasteiger partial charge in [0.15, 0.2) is 11.5 Å². The van der Waals surface area contributed by atoms with Crippen LogP contribution < -0.4 is 9.47 Å². The zero-order chi connectivity index (χ0) is 14.5. The van der Waals surface area contributed by atoms with E-state index < -0.39 is 0 Å². The van der Waals surface area contributed by atoms with E-state index in [0.29, 0.717) is 6.61 Å². The number of benzene rings is 1. The van der Waals surface area contributed by atoms with E-state index in [0.717, 1.165) is 34.7 Å². The molecule has 1 aromatic carbocycles. The van der Waals surface area contributed by atoms with Gasteiger partial charge < -0.3 is 14.4 Å². The van der Waals surface area contributed by atoms with E-state index in [1.54, 1.807) is 11.8 Å². The van der Waals surface area contributed by atoms with Crippen LogP contribution in [0.3, 0.4) is 0 Å². The minimum Gasteiger partial charge on any atom is -0.486 e. The first-order chi connectivity index (χ1) is 10.3. The smallest absolute Gasteiger partial charge is 0.161 e. The van der Waals surface area contributed by atoms with Gasteiger partial charge in [-0.3, -0.25) is 0 Å². The summed E-state index contributed by atoms with van der Waals surface area (Å²) in [5.41, 5.74) is 0. The minimum absolute atomic E-state index is 0.0785. The Bertz CT molecular complexity index is 487. The standard InChI is InChI=1S/C16H21NO2S2/c20-16(17-9-5-1-2-6-10-17)21-12-13-11-18-14-7-3-4-8-15(14)19-13/h3-4,7-8,13H,1-2,5-6,9-12H2. The second-order valence-corrected chi connectivity index (χ2v) is 7.13. The molecule has 1 unspecified atom stereocenters. The molecule has 0 saturated carbocycles. The van der Waals surface area contributed by atoms with Gasteiger partial charge in [0.25, 0.3) is 0 Å². The van der Waals surface area contributed by atoms with Gasteiger partial charge in [-0.1, -0.05) is 49.0 Å². The summed E-state index contributed by atoms with van der Waals surface area (Å²) in [4.78, 5) is 2.35. The Kier molecular flexibility index (Phi) is 5.25. The summed E-state index contributed by atoms with van der Waals surface area (Å²) in [6.45, 7) is 2.82. The van der Waals surface area contributed by atoms with Crippen molar-refractivity contribution in [2.75, 3.05) is 25.4 Å². The van der Waals surface area contributed by atoms with Crippen molar-refractivity contribution in [2.24, 2.45) is 0 Å². The molecular formula is C16H21NO2S2. The molecule has 2 aliphatic rings. The highest BCUT2D eigenvalue weighted by Crippen LogP contribution is 2.31. The molecule has 2 heterocycles.